The van der Waals surface area contributed by atoms with Gasteiger partial charge in [-0.3, -0.25) is 4.90 Å². The lowest BCUT2D eigenvalue weighted by Gasteiger charge is -2.34. The first-order valence-corrected chi connectivity index (χ1v) is 6.99. The number of halogens is 3. The number of piperazine rings is 1. The van der Waals surface area contributed by atoms with Crippen molar-refractivity contribution in [2.24, 2.45) is 0 Å². The van der Waals surface area contributed by atoms with Gasteiger partial charge in [0.2, 0.25) is 0 Å². The molecule has 2 nitrogen and oxygen atoms in total. The van der Waals surface area contributed by atoms with E-state index in [-0.39, 0.29) is 6.04 Å². The van der Waals surface area contributed by atoms with Crippen molar-refractivity contribution in [3.05, 3.63) is 45.4 Å². The Kier molecular flexibility index (Phi) is 4.93. The van der Waals surface area contributed by atoms with Crippen molar-refractivity contribution in [1.29, 1.82) is 0 Å². The van der Waals surface area contributed by atoms with Crippen molar-refractivity contribution in [3.8, 4) is 0 Å². The maximum atomic E-state index is 6.28. The van der Waals surface area contributed by atoms with E-state index in [1.807, 2.05) is 6.08 Å². The first-order valence-electron chi connectivity index (χ1n) is 5.86. The quantitative estimate of drug-likeness (QED) is 0.675. The van der Waals surface area contributed by atoms with E-state index < -0.39 is 0 Å². The third-order valence-electron chi connectivity index (χ3n) is 3.14. The Labute approximate surface area is 123 Å². The molecule has 1 fully saturated rings. The van der Waals surface area contributed by atoms with E-state index in [1.165, 1.54) is 0 Å². The van der Waals surface area contributed by atoms with Gasteiger partial charge in [-0.25, -0.2) is 0 Å². The molecule has 1 aliphatic rings. The normalized spacial score (nSPS) is 18.6. The fourth-order valence-corrected chi connectivity index (χ4v) is 2.98. The second-order valence-corrected chi connectivity index (χ2v) is 5.42. The molecule has 1 saturated heterocycles. The molecule has 0 unspecified atom stereocenters. The van der Waals surface area contributed by atoms with Crippen molar-refractivity contribution in [3.63, 3.8) is 0 Å². The summed E-state index contributed by atoms with van der Waals surface area (Å²) in [5.41, 5.74) is 0.850. The molecule has 5 heteroatoms. The molecule has 1 N–H and O–H groups in total. The van der Waals surface area contributed by atoms with Gasteiger partial charge in [-0.2, -0.15) is 0 Å². The van der Waals surface area contributed by atoms with Crippen molar-refractivity contribution < 1.29 is 0 Å². The van der Waals surface area contributed by atoms with Crippen LogP contribution in [-0.4, -0.2) is 31.1 Å². The predicted octanol–water partition coefficient (Wildman–Crippen LogP) is 3.78. The zero-order valence-electron chi connectivity index (χ0n) is 9.93. The molecule has 0 bridgehead atoms. The van der Waals surface area contributed by atoms with E-state index in [1.54, 1.807) is 12.1 Å². The smallest absolute Gasteiger partial charge is 0.0658 e. The molecule has 0 radical (unpaired) electrons. The van der Waals surface area contributed by atoms with E-state index in [2.05, 4.69) is 16.8 Å². The zero-order chi connectivity index (χ0) is 13.1. The Morgan fingerprint density at radius 3 is 2.39 bits per heavy atom. The van der Waals surface area contributed by atoms with Gasteiger partial charge < -0.3 is 5.32 Å². The number of benzene rings is 1. The molecule has 1 aromatic carbocycles. The topological polar surface area (TPSA) is 15.3 Å². The van der Waals surface area contributed by atoms with Gasteiger partial charge in [-0.05, 0) is 12.1 Å². The second kappa shape index (κ2) is 6.27. The SMILES string of the molecule is C=C[C@H](c1c(Cl)ccc(Cl)c1Cl)N1CCNCC1. The Hall–Kier alpha value is -0.250. The van der Waals surface area contributed by atoms with Gasteiger partial charge in [0.25, 0.3) is 0 Å². The van der Waals surface area contributed by atoms with Crippen molar-refractivity contribution in [1.82, 2.24) is 10.2 Å². The van der Waals surface area contributed by atoms with Crippen LogP contribution in [0.1, 0.15) is 11.6 Å². The van der Waals surface area contributed by atoms with Gasteiger partial charge in [0, 0.05) is 36.8 Å². The summed E-state index contributed by atoms with van der Waals surface area (Å²) in [6.45, 7) is 7.70. The Balaban J connectivity index is 2.37. The Bertz CT molecular complexity index is 442. The van der Waals surface area contributed by atoms with Gasteiger partial charge in [-0.15, -0.1) is 6.58 Å². The van der Waals surface area contributed by atoms with Gasteiger partial charge in [0.1, 0.15) is 0 Å². The molecule has 1 aliphatic heterocycles. The van der Waals surface area contributed by atoms with Crippen LogP contribution in [0.15, 0.2) is 24.8 Å². The first kappa shape index (κ1) is 14.2. The molecular formula is C13H15Cl3N2. The minimum atomic E-state index is 0.00537. The second-order valence-electron chi connectivity index (χ2n) is 4.22. The summed E-state index contributed by atoms with van der Waals surface area (Å²) in [7, 11) is 0. The highest BCUT2D eigenvalue weighted by Gasteiger charge is 2.24. The van der Waals surface area contributed by atoms with E-state index in [4.69, 9.17) is 34.8 Å². The predicted molar refractivity (Wildman–Crippen MR) is 78.9 cm³/mol. The van der Waals surface area contributed by atoms with Gasteiger partial charge in [0.05, 0.1) is 16.1 Å². The average molecular weight is 306 g/mol. The third kappa shape index (κ3) is 2.84. The van der Waals surface area contributed by atoms with Crippen molar-refractivity contribution >= 4 is 34.8 Å². The minimum absolute atomic E-state index is 0.00537. The number of nitrogens with zero attached hydrogens (tertiary/aromatic N) is 1. The first-order chi connectivity index (χ1) is 8.65. The summed E-state index contributed by atoms with van der Waals surface area (Å²) in [6, 6.07) is 3.50. The van der Waals surface area contributed by atoms with Crippen LogP contribution in [0.4, 0.5) is 0 Å². The van der Waals surface area contributed by atoms with E-state index >= 15 is 0 Å². The summed E-state index contributed by atoms with van der Waals surface area (Å²) < 4.78 is 0. The highest BCUT2D eigenvalue weighted by molar-refractivity contribution is 6.44. The molecule has 0 aliphatic carbocycles. The van der Waals surface area contributed by atoms with Gasteiger partial charge in [-0.1, -0.05) is 40.9 Å². The largest absolute Gasteiger partial charge is 0.314 e. The summed E-state index contributed by atoms with van der Waals surface area (Å²) >= 11 is 18.6. The average Bonchev–Trinajstić information content (AvgIpc) is 2.40. The molecule has 2 rings (SSSR count). The molecular weight excluding hydrogens is 291 g/mol. The minimum Gasteiger partial charge on any atom is -0.314 e. The van der Waals surface area contributed by atoms with Crippen LogP contribution in [0.3, 0.4) is 0 Å². The van der Waals surface area contributed by atoms with Crippen LogP contribution in [-0.2, 0) is 0 Å². The molecule has 0 aromatic heterocycles. The van der Waals surface area contributed by atoms with Gasteiger partial charge >= 0.3 is 0 Å². The Morgan fingerprint density at radius 2 is 1.78 bits per heavy atom. The van der Waals surface area contributed by atoms with E-state index in [0.29, 0.717) is 15.1 Å². The van der Waals surface area contributed by atoms with Crippen LogP contribution < -0.4 is 5.32 Å². The summed E-state index contributed by atoms with van der Waals surface area (Å²) in [5.74, 6) is 0. The highest BCUT2D eigenvalue weighted by atomic mass is 35.5. The number of nitrogens with one attached hydrogen (secondary N) is 1. The number of hydrogen-bond acceptors (Lipinski definition) is 2. The van der Waals surface area contributed by atoms with Crippen LogP contribution in [0.25, 0.3) is 0 Å². The summed E-state index contributed by atoms with van der Waals surface area (Å²) in [5, 5.41) is 5.00. The molecule has 0 amide bonds. The maximum absolute atomic E-state index is 6.28. The summed E-state index contributed by atoms with van der Waals surface area (Å²) in [4.78, 5) is 2.30. The van der Waals surface area contributed by atoms with E-state index in [9.17, 15) is 0 Å². The summed E-state index contributed by atoms with van der Waals surface area (Å²) in [6.07, 6.45) is 1.87. The lowest BCUT2D eigenvalue weighted by molar-refractivity contribution is 0.203. The van der Waals surface area contributed by atoms with Crippen LogP contribution in [0, 0.1) is 0 Å². The number of hydrogen-bond donors (Lipinski definition) is 1. The zero-order valence-corrected chi connectivity index (χ0v) is 12.2. The van der Waals surface area contributed by atoms with E-state index in [0.717, 1.165) is 31.7 Å². The lowest BCUT2D eigenvalue weighted by Crippen LogP contribution is -2.44. The molecule has 0 saturated carbocycles. The lowest BCUT2D eigenvalue weighted by atomic mass is 10.0. The monoisotopic (exact) mass is 304 g/mol. The molecule has 1 heterocycles. The third-order valence-corrected chi connectivity index (χ3v) is 4.29. The van der Waals surface area contributed by atoms with Crippen LogP contribution in [0.5, 0.6) is 0 Å². The molecule has 0 spiro atoms. The van der Waals surface area contributed by atoms with Crippen molar-refractivity contribution in [2.45, 2.75) is 6.04 Å². The number of rotatable bonds is 3. The van der Waals surface area contributed by atoms with Crippen LogP contribution in [0.2, 0.25) is 15.1 Å². The molecule has 18 heavy (non-hydrogen) atoms. The molecule has 98 valence electrons. The molecule has 1 atom stereocenters. The Morgan fingerprint density at radius 1 is 1.17 bits per heavy atom. The maximum Gasteiger partial charge on any atom is 0.0658 e. The van der Waals surface area contributed by atoms with Gasteiger partial charge in [0.15, 0.2) is 0 Å². The molecule has 1 aromatic rings. The van der Waals surface area contributed by atoms with Crippen LogP contribution >= 0.6 is 34.8 Å². The standard InChI is InChI=1S/C13H15Cl3N2/c1-2-11(18-7-5-17-6-8-18)12-9(14)3-4-10(15)13(12)16/h2-4,11,17H,1,5-8H2/t11-/m1/s1. The fourth-order valence-electron chi connectivity index (χ4n) is 2.22. The fraction of sp³-hybridized carbons (Fsp3) is 0.385. The highest BCUT2D eigenvalue weighted by Crippen LogP contribution is 2.38. The van der Waals surface area contributed by atoms with Crippen molar-refractivity contribution in [2.75, 3.05) is 26.2 Å².